The van der Waals surface area contributed by atoms with Gasteiger partial charge in [-0.1, -0.05) is 13.8 Å². The van der Waals surface area contributed by atoms with Gasteiger partial charge in [-0.25, -0.2) is 8.42 Å². The van der Waals surface area contributed by atoms with Crippen LogP contribution in [0.2, 0.25) is 0 Å². The minimum absolute atomic E-state index is 0.0319. The molecule has 0 aliphatic heterocycles. The molecule has 0 aromatic heterocycles. The van der Waals surface area contributed by atoms with Crippen LogP contribution in [0.3, 0.4) is 0 Å². The maximum Gasteiger partial charge on any atom is 0.238 e. The van der Waals surface area contributed by atoms with Crippen LogP contribution in [0, 0.1) is 5.92 Å². The van der Waals surface area contributed by atoms with Gasteiger partial charge in [-0.3, -0.25) is 4.79 Å². The smallest absolute Gasteiger partial charge is 0.238 e. The van der Waals surface area contributed by atoms with Gasteiger partial charge in [0, 0.05) is 13.1 Å². The van der Waals surface area contributed by atoms with Crippen LogP contribution in [0.25, 0.3) is 0 Å². The predicted molar refractivity (Wildman–Crippen MR) is 64.7 cm³/mol. The number of carbonyl (C=O) groups excluding carboxylic acids is 1. The molecule has 0 aromatic rings. The molecule has 16 heavy (non-hydrogen) atoms. The van der Waals surface area contributed by atoms with Gasteiger partial charge in [0.15, 0.2) is 9.84 Å². The molecule has 0 fully saturated rings. The highest BCUT2D eigenvalue weighted by Gasteiger charge is 2.32. The largest absolute Gasteiger partial charge is 0.355 e. The van der Waals surface area contributed by atoms with Crippen LogP contribution in [0.1, 0.15) is 27.7 Å². The molecule has 0 saturated carbocycles. The maximum absolute atomic E-state index is 11.8. The van der Waals surface area contributed by atoms with E-state index in [9.17, 15) is 13.2 Å². The second kappa shape index (κ2) is 6.20. The number of hydrogen-bond acceptors (Lipinski definition) is 4. The first-order valence-electron chi connectivity index (χ1n) is 5.44. The van der Waals surface area contributed by atoms with E-state index < -0.39 is 26.2 Å². The summed E-state index contributed by atoms with van der Waals surface area (Å²) in [5.41, 5.74) is 5.31. The van der Waals surface area contributed by atoms with E-state index in [0.717, 1.165) is 0 Å². The molecular formula is C10H22N2O3S. The molecular weight excluding hydrogens is 228 g/mol. The van der Waals surface area contributed by atoms with Gasteiger partial charge >= 0.3 is 0 Å². The molecule has 6 heteroatoms. The van der Waals surface area contributed by atoms with Crippen LogP contribution in [0.5, 0.6) is 0 Å². The predicted octanol–water partition coefficient (Wildman–Crippen LogP) is -0.0909. The van der Waals surface area contributed by atoms with Crippen LogP contribution < -0.4 is 11.1 Å². The lowest BCUT2D eigenvalue weighted by atomic mass is 10.2. The molecule has 2 atom stereocenters. The molecule has 1 amide bonds. The Morgan fingerprint density at radius 3 is 2.12 bits per heavy atom. The Morgan fingerprint density at radius 1 is 1.25 bits per heavy atom. The molecule has 0 aliphatic carbocycles. The first kappa shape index (κ1) is 15.4. The number of sulfone groups is 1. The third-order valence-corrected chi connectivity index (χ3v) is 4.95. The van der Waals surface area contributed by atoms with Crippen LogP contribution in [0.15, 0.2) is 0 Å². The van der Waals surface area contributed by atoms with E-state index in [0.29, 0.717) is 12.5 Å². The molecule has 2 unspecified atom stereocenters. The SMILES string of the molecule is CC(C)CNC(=O)C(C)S(=O)(=O)C(C)CN. The second-order valence-corrected chi connectivity index (χ2v) is 7.11. The Balaban J connectivity index is 4.55. The summed E-state index contributed by atoms with van der Waals surface area (Å²) in [5, 5.41) is 0.883. The standard InChI is InChI=1S/C10H22N2O3S/c1-7(2)6-12-10(13)9(4)16(14,15)8(3)5-11/h7-9H,5-6,11H2,1-4H3,(H,12,13). The number of nitrogens with one attached hydrogen (secondary N) is 1. The average Bonchev–Trinajstić information content (AvgIpc) is 2.23. The van der Waals surface area contributed by atoms with Crippen molar-refractivity contribution in [1.29, 1.82) is 0 Å². The number of nitrogens with two attached hydrogens (primary N) is 1. The van der Waals surface area contributed by atoms with Gasteiger partial charge in [0.05, 0.1) is 5.25 Å². The second-order valence-electron chi connectivity index (χ2n) is 4.42. The van der Waals surface area contributed by atoms with Crippen molar-refractivity contribution in [3.05, 3.63) is 0 Å². The first-order chi connectivity index (χ1) is 7.23. The lowest BCUT2D eigenvalue weighted by molar-refractivity contribution is -0.120. The maximum atomic E-state index is 11.8. The zero-order chi connectivity index (χ0) is 12.9. The van der Waals surface area contributed by atoms with Gasteiger partial charge in [0.2, 0.25) is 5.91 Å². The van der Waals surface area contributed by atoms with Gasteiger partial charge < -0.3 is 11.1 Å². The van der Waals surface area contributed by atoms with E-state index in [1.54, 1.807) is 0 Å². The summed E-state index contributed by atoms with van der Waals surface area (Å²) in [5.74, 6) is -0.153. The molecule has 0 aromatic carbocycles. The van der Waals surface area contributed by atoms with Crippen molar-refractivity contribution in [1.82, 2.24) is 5.32 Å². The van der Waals surface area contributed by atoms with E-state index in [-0.39, 0.29) is 6.54 Å². The van der Waals surface area contributed by atoms with Crippen molar-refractivity contribution in [2.45, 2.75) is 38.2 Å². The highest BCUT2D eigenvalue weighted by molar-refractivity contribution is 7.93. The average molecular weight is 250 g/mol. The van der Waals surface area contributed by atoms with Gasteiger partial charge in [0.25, 0.3) is 0 Å². The van der Waals surface area contributed by atoms with Gasteiger partial charge in [0.1, 0.15) is 5.25 Å². The molecule has 0 aliphatic rings. The van der Waals surface area contributed by atoms with Gasteiger partial charge in [-0.05, 0) is 19.8 Å². The van der Waals surface area contributed by atoms with E-state index in [4.69, 9.17) is 5.73 Å². The van der Waals surface area contributed by atoms with E-state index >= 15 is 0 Å². The minimum atomic E-state index is -3.47. The number of carbonyl (C=O) groups is 1. The van der Waals surface area contributed by atoms with Crippen molar-refractivity contribution in [2.75, 3.05) is 13.1 Å². The monoisotopic (exact) mass is 250 g/mol. The minimum Gasteiger partial charge on any atom is -0.355 e. The third-order valence-electron chi connectivity index (χ3n) is 2.44. The summed E-state index contributed by atoms with van der Waals surface area (Å²) in [7, 11) is -3.47. The number of rotatable bonds is 6. The van der Waals surface area contributed by atoms with Crippen LogP contribution in [-0.2, 0) is 14.6 Å². The van der Waals surface area contributed by atoms with Crippen molar-refractivity contribution in [3.63, 3.8) is 0 Å². The van der Waals surface area contributed by atoms with Crippen molar-refractivity contribution < 1.29 is 13.2 Å². The Labute approximate surface area is 97.7 Å². The van der Waals surface area contributed by atoms with Gasteiger partial charge in [-0.15, -0.1) is 0 Å². The fourth-order valence-corrected chi connectivity index (χ4v) is 2.43. The normalized spacial score (nSPS) is 15.9. The molecule has 96 valence electrons. The summed E-state index contributed by atoms with van der Waals surface area (Å²) >= 11 is 0. The summed E-state index contributed by atoms with van der Waals surface area (Å²) in [6.45, 7) is 7.32. The van der Waals surface area contributed by atoms with Crippen LogP contribution in [-0.4, -0.2) is 37.9 Å². The van der Waals surface area contributed by atoms with E-state index in [2.05, 4.69) is 5.32 Å². The third kappa shape index (κ3) is 4.09. The molecule has 0 saturated heterocycles. The summed E-state index contributed by atoms with van der Waals surface area (Å²) < 4.78 is 23.6. The fourth-order valence-electron chi connectivity index (χ4n) is 1.08. The highest BCUT2D eigenvalue weighted by Crippen LogP contribution is 2.08. The lowest BCUT2D eigenvalue weighted by Crippen LogP contribution is -2.44. The molecule has 0 radical (unpaired) electrons. The van der Waals surface area contributed by atoms with Crippen LogP contribution >= 0.6 is 0 Å². The quantitative estimate of drug-likeness (QED) is 0.689. The van der Waals surface area contributed by atoms with E-state index in [1.165, 1.54) is 13.8 Å². The summed E-state index contributed by atoms with van der Waals surface area (Å²) in [4.78, 5) is 11.6. The van der Waals surface area contributed by atoms with E-state index in [1.807, 2.05) is 13.8 Å². The molecule has 0 rings (SSSR count). The first-order valence-corrected chi connectivity index (χ1v) is 7.04. The molecule has 0 bridgehead atoms. The Morgan fingerprint density at radius 2 is 1.75 bits per heavy atom. The van der Waals surface area contributed by atoms with Crippen molar-refractivity contribution in [2.24, 2.45) is 11.7 Å². The Hall–Kier alpha value is -0.620. The summed E-state index contributed by atoms with van der Waals surface area (Å²) in [6.07, 6.45) is 0. The topological polar surface area (TPSA) is 89.3 Å². The summed E-state index contributed by atoms with van der Waals surface area (Å²) in [6, 6.07) is 0. The van der Waals surface area contributed by atoms with Crippen molar-refractivity contribution in [3.8, 4) is 0 Å². The zero-order valence-electron chi connectivity index (χ0n) is 10.4. The Bertz CT molecular complexity index is 325. The van der Waals surface area contributed by atoms with Gasteiger partial charge in [-0.2, -0.15) is 0 Å². The fraction of sp³-hybridized carbons (Fsp3) is 0.900. The molecule has 3 N–H and O–H groups in total. The Kier molecular flexibility index (Phi) is 5.96. The number of hydrogen-bond donors (Lipinski definition) is 2. The molecule has 0 spiro atoms. The van der Waals surface area contributed by atoms with Crippen molar-refractivity contribution >= 4 is 15.7 Å². The molecule has 0 heterocycles. The van der Waals surface area contributed by atoms with Crippen LogP contribution in [0.4, 0.5) is 0 Å². The lowest BCUT2D eigenvalue weighted by Gasteiger charge is -2.17. The number of amides is 1. The molecule has 5 nitrogen and oxygen atoms in total. The zero-order valence-corrected chi connectivity index (χ0v) is 11.2. The highest BCUT2D eigenvalue weighted by atomic mass is 32.2.